The fourth-order valence-electron chi connectivity index (χ4n) is 3.75. The van der Waals surface area contributed by atoms with E-state index in [9.17, 15) is 28.6 Å². The lowest BCUT2D eigenvalue weighted by Gasteiger charge is -2.27. The molecule has 3 rings (SSSR count). The normalized spacial score (nSPS) is 14.0. The molecular weight excluding hydrogens is 429 g/mol. The van der Waals surface area contributed by atoms with Crippen LogP contribution in [0.15, 0.2) is 17.1 Å². The molecule has 10 heteroatoms. The molecule has 1 aliphatic rings. The summed E-state index contributed by atoms with van der Waals surface area (Å²) in [7, 11) is 1.88. The molecule has 0 aliphatic heterocycles. The van der Waals surface area contributed by atoms with Crippen LogP contribution in [-0.4, -0.2) is 60.9 Å². The van der Waals surface area contributed by atoms with E-state index in [1.807, 2.05) is 6.92 Å². The zero-order valence-electron chi connectivity index (χ0n) is 18.4. The lowest BCUT2D eigenvalue weighted by Crippen LogP contribution is -2.27. The number of anilines is 1. The van der Waals surface area contributed by atoms with Gasteiger partial charge in [0.1, 0.15) is 17.9 Å². The molecule has 0 saturated heterocycles. The first-order valence-corrected chi connectivity index (χ1v) is 10.4. The number of fused-ring (bicyclic) bond motifs is 1. The van der Waals surface area contributed by atoms with E-state index in [0.29, 0.717) is 32.2 Å². The number of rotatable bonds is 10. The third-order valence-electron chi connectivity index (χ3n) is 5.41. The fraction of sp³-hybridized carbons (Fsp3) is 0.545. The van der Waals surface area contributed by atoms with Gasteiger partial charge in [0.2, 0.25) is 5.43 Å². The van der Waals surface area contributed by atoms with Gasteiger partial charge in [-0.1, -0.05) is 0 Å². The van der Waals surface area contributed by atoms with Gasteiger partial charge >= 0.3 is 5.97 Å². The van der Waals surface area contributed by atoms with Gasteiger partial charge in [-0.15, -0.1) is 0 Å². The van der Waals surface area contributed by atoms with Crippen LogP contribution >= 0.6 is 0 Å². The van der Waals surface area contributed by atoms with Gasteiger partial charge in [-0.05, 0) is 38.7 Å². The van der Waals surface area contributed by atoms with Crippen molar-refractivity contribution in [1.82, 2.24) is 4.57 Å². The Bertz CT molecular complexity index is 1010. The van der Waals surface area contributed by atoms with E-state index >= 15 is 4.39 Å². The SMILES string of the molecule is CCN(CCCC(O)CF)c1c(F)cc2c(=O)c(C(=O)O)cn(C3CC3)c2c1OC.CF. The number of pyridine rings is 1. The van der Waals surface area contributed by atoms with Crippen LogP contribution in [0, 0.1) is 5.82 Å². The number of nitrogens with zero attached hydrogens (tertiary/aromatic N) is 2. The van der Waals surface area contributed by atoms with Crippen LogP contribution in [0.25, 0.3) is 10.9 Å². The molecule has 1 aromatic carbocycles. The molecular formula is C22H29F3N2O5. The highest BCUT2D eigenvalue weighted by Crippen LogP contribution is 2.43. The Hall–Kier alpha value is -2.75. The van der Waals surface area contributed by atoms with Crippen molar-refractivity contribution in [2.45, 2.75) is 44.8 Å². The van der Waals surface area contributed by atoms with E-state index in [-0.39, 0.29) is 29.3 Å². The molecule has 1 atom stereocenters. The first-order chi connectivity index (χ1) is 15.3. The van der Waals surface area contributed by atoms with Gasteiger partial charge in [-0.25, -0.2) is 13.6 Å². The summed E-state index contributed by atoms with van der Waals surface area (Å²) < 4.78 is 44.4. The van der Waals surface area contributed by atoms with Gasteiger partial charge in [0.15, 0.2) is 11.6 Å². The van der Waals surface area contributed by atoms with E-state index < -0.39 is 35.6 Å². The van der Waals surface area contributed by atoms with Gasteiger partial charge in [-0.2, -0.15) is 0 Å². The zero-order chi connectivity index (χ0) is 24.0. The third-order valence-corrected chi connectivity index (χ3v) is 5.41. The summed E-state index contributed by atoms with van der Waals surface area (Å²) in [5.41, 5.74) is -0.629. The summed E-state index contributed by atoms with van der Waals surface area (Å²) in [6.45, 7) is 1.77. The lowest BCUT2D eigenvalue weighted by molar-refractivity contribution is 0.0694. The maximum absolute atomic E-state index is 15.2. The Morgan fingerprint density at radius 3 is 2.53 bits per heavy atom. The van der Waals surface area contributed by atoms with Crippen LogP contribution in [0.4, 0.5) is 18.9 Å². The second kappa shape index (κ2) is 11.2. The molecule has 2 aromatic rings. The van der Waals surface area contributed by atoms with E-state index in [0.717, 1.165) is 18.9 Å². The van der Waals surface area contributed by atoms with Crippen molar-refractivity contribution in [3.63, 3.8) is 0 Å². The molecule has 0 amide bonds. The number of aliphatic hydroxyl groups is 1. The number of aromatic carboxylic acids is 1. The van der Waals surface area contributed by atoms with E-state index in [4.69, 9.17) is 4.74 Å². The molecule has 32 heavy (non-hydrogen) atoms. The minimum absolute atomic E-state index is 0.0215. The average molecular weight is 458 g/mol. The summed E-state index contributed by atoms with van der Waals surface area (Å²) in [4.78, 5) is 26.0. The highest BCUT2D eigenvalue weighted by Gasteiger charge is 2.31. The third kappa shape index (κ3) is 5.17. The largest absolute Gasteiger partial charge is 0.492 e. The maximum atomic E-state index is 15.2. The molecule has 1 saturated carbocycles. The summed E-state index contributed by atoms with van der Waals surface area (Å²) in [6.07, 6.45) is 2.58. The number of benzene rings is 1. The molecule has 1 aromatic heterocycles. The number of alkyl halides is 2. The van der Waals surface area contributed by atoms with Crippen LogP contribution < -0.4 is 15.1 Å². The molecule has 7 nitrogen and oxygen atoms in total. The first-order valence-electron chi connectivity index (χ1n) is 10.4. The van der Waals surface area contributed by atoms with E-state index in [1.54, 1.807) is 9.47 Å². The first kappa shape index (κ1) is 25.5. The number of hydrogen-bond donors (Lipinski definition) is 2. The highest BCUT2D eigenvalue weighted by molar-refractivity contribution is 5.97. The van der Waals surface area contributed by atoms with Gasteiger partial charge in [0.25, 0.3) is 0 Å². The molecule has 1 fully saturated rings. The predicted molar refractivity (Wildman–Crippen MR) is 116 cm³/mol. The minimum atomic E-state index is -1.36. The Balaban J connectivity index is 0.00000176. The molecule has 0 spiro atoms. The van der Waals surface area contributed by atoms with E-state index in [2.05, 4.69) is 0 Å². The number of hydrogen-bond acceptors (Lipinski definition) is 5. The van der Waals surface area contributed by atoms with Crippen molar-refractivity contribution >= 4 is 22.6 Å². The van der Waals surface area contributed by atoms with Gasteiger partial charge in [0.05, 0.1) is 31.3 Å². The standard InChI is InChI=1S/C21H26F2N2O5.CH3F/c1-3-24(8-4-5-13(26)10-22)18-16(23)9-14-17(20(18)30-2)25(12-6-7-12)11-15(19(14)27)21(28)29;1-2/h9,11-13,26H,3-8,10H2,1-2H3,(H,28,29);1H3. The summed E-state index contributed by atoms with van der Waals surface area (Å²) in [5.74, 6) is -1.89. The van der Waals surface area contributed by atoms with Crippen LogP contribution in [0.5, 0.6) is 5.75 Å². The van der Waals surface area contributed by atoms with Crippen LogP contribution in [0.1, 0.15) is 49.0 Å². The minimum Gasteiger partial charge on any atom is -0.492 e. The number of carboxylic acids is 1. The molecule has 1 heterocycles. The highest BCUT2D eigenvalue weighted by atomic mass is 19.1. The molecule has 1 unspecified atom stereocenters. The number of carboxylic acid groups (broad SMARTS) is 1. The van der Waals surface area contributed by atoms with Crippen molar-refractivity contribution in [2.75, 3.05) is 39.0 Å². The quantitative estimate of drug-likeness (QED) is 0.564. The van der Waals surface area contributed by atoms with Gasteiger partial charge < -0.3 is 24.4 Å². The monoisotopic (exact) mass is 458 g/mol. The van der Waals surface area contributed by atoms with Crippen molar-refractivity contribution in [2.24, 2.45) is 0 Å². The van der Waals surface area contributed by atoms with Gasteiger partial charge in [-0.3, -0.25) is 9.18 Å². The maximum Gasteiger partial charge on any atom is 0.341 e. The molecule has 178 valence electrons. The molecule has 0 radical (unpaired) electrons. The molecule has 1 aliphatic carbocycles. The number of aromatic nitrogens is 1. The number of methoxy groups -OCH3 is 1. The fourth-order valence-corrected chi connectivity index (χ4v) is 3.75. The predicted octanol–water partition coefficient (Wildman–Crippen LogP) is 3.70. The Morgan fingerprint density at radius 2 is 2.03 bits per heavy atom. The Kier molecular flexibility index (Phi) is 8.94. The topological polar surface area (TPSA) is 92.0 Å². The number of aliphatic hydroxyl groups excluding tert-OH is 1. The van der Waals surface area contributed by atoms with Crippen molar-refractivity contribution in [1.29, 1.82) is 0 Å². The second-order valence-electron chi connectivity index (χ2n) is 7.48. The van der Waals surface area contributed by atoms with Crippen molar-refractivity contribution in [3.05, 3.63) is 33.9 Å². The van der Waals surface area contributed by atoms with Crippen LogP contribution in [-0.2, 0) is 0 Å². The van der Waals surface area contributed by atoms with Crippen LogP contribution in [0.3, 0.4) is 0 Å². The Labute approximate surface area is 184 Å². The molecule has 0 bridgehead atoms. The zero-order valence-corrected chi connectivity index (χ0v) is 18.4. The van der Waals surface area contributed by atoms with E-state index in [1.165, 1.54) is 13.3 Å². The van der Waals surface area contributed by atoms with Crippen molar-refractivity contribution < 1.29 is 32.9 Å². The number of carbonyl (C=O) groups is 1. The summed E-state index contributed by atoms with van der Waals surface area (Å²) >= 11 is 0. The van der Waals surface area contributed by atoms with Crippen LogP contribution in [0.2, 0.25) is 0 Å². The number of ether oxygens (including phenoxy) is 1. The number of halogens is 3. The smallest absolute Gasteiger partial charge is 0.341 e. The lowest BCUT2D eigenvalue weighted by atomic mass is 10.1. The summed E-state index contributed by atoms with van der Waals surface area (Å²) in [5, 5.41) is 18.8. The Morgan fingerprint density at radius 1 is 1.38 bits per heavy atom. The van der Waals surface area contributed by atoms with Crippen molar-refractivity contribution in [3.8, 4) is 5.75 Å². The van der Waals surface area contributed by atoms with Gasteiger partial charge in [0, 0.05) is 25.3 Å². The molecule has 2 N–H and O–H groups in total. The summed E-state index contributed by atoms with van der Waals surface area (Å²) in [6, 6.07) is 1.09. The average Bonchev–Trinajstić information content (AvgIpc) is 3.63. The second-order valence-corrected chi connectivity index (χ2v) is 7.48.